The van der Waals surface area contributed by atoms with Gasteiger partial charge in [0.15, 0.2) is 0 Å². The van der Waals surface area contributed by atoms with Gasteiger partial charge >= 0.3 is 5.97 Å². The summed E-state index contributed by atoms with van der Waals surface area (Å²) < 4.78 is 26.6. The number of hydrogen-bond donors (Lipinski definition) is 3. The Bertz CT molecular complexity index is 766. The maximum absolute atomic E-state index is 12.4. The molecule has 0 heterocycles. The molecule has 8 heteroatoms. The van der Waals surface area contributed by atoms with Gasteiger partial charge in [-0.3, -0.25) is 4.79 Å². The van der Waals surface area contributed by atoms with Gasteiger partial charge in [-0.15, -0.1) is 6.58 Å². The van der Waals surface area contributed by atoms with Crippen LogP contribution < -0.4 is 10.0 Å². The second kappa shape index (κ2) is 8.95. The van der Waals surface area contributed by atoms with E-state index in [9.17, 15) is 23.1 Å². The standard InChI is InChI=1S/C18H26N2O5S/c1-5-11-19-26(24,25)14-8-6-7-13(12-14)16(21)20-15(17(22)23)9-10-18(2,3)4/h5-8,12,15,19H,1,9-11H2,2-4H3,(H,20,21)(H,22,23). The summed E-state index contributed by atoms with van der Waals surface area (Å²) >= 11 is 0. The zero-order valence-corrected chi connectivity index (χ0v) is 16.1. The van der Waals surface area contributed by atoms with Crippen molar-refractivity contribution in [2.45, 2.75) is 44.6 Å². The van der Waals surface area contributed by atoms with E-state index in [0.717, 1.165) is 0 Å². The minimum atomic E-state index is -3.77. The minimum Gasteiger partial charge on any atom is -0.480 e. The number of amides is 1. The van der Waals surface area contributed by atoms with Crippen molar-refractivity contribution >= 4 is 21.9 Å². The maximum atomic E-state index is 12.4. The van der Waals surface area contributed by atoms with Crippen LogP contribution in [0.15, 0.2) is 41.8 Å². The average molecular weight is 382 g/mol. The summed E-state index contributed by atoms with van der Waals surface area (Å²) in [5.41, 5.74) is 0.0111. The van der Waals surface area contributed by atoms with E-state index in [1.54, 1.807) is 0 Å². The summed E-state index contributed by atoms with van der Waals surface area (Å²) in [7, 11) is -3.77. The predicted octanol–water partition coefficient (Wildman–Crippen LogP) is 2.16. The number of carboxylic acids is 1. The molecule has 0 aliphatic carbocycles. The molecule has 0 bridgehead atoms. The Labute approximate surface area is 154 Å². The third kappa shape index (κ3) is 6.97. The lowest BCUT2D eigenvalue weighted by molar-refractivity contribution is -0.139. The van der Waals surface area contributed by atoms with Crippen LogP contribution in [0.3, 0.4) is 0 Å². The lowest BCUT2D eigenvalue weighted by Gasteiger charge is -2.21. The van der Waals surface area contributed by atoms with Gasteiger partial charge in [0.2, 0.25) is 10.0 Å². The van der Waals surface area contributed by atoms with Crippen molar-refractivity contribution in [1.29, 1.82) is 0 Å². The molecule has 0 aromatic heterocycles. The third-order valence-corrected chi connectivity index (χ3v) is 5.03. The zero-order chi connectivity index (χ0) is 20.0. The van der Waals surface area contributed by atoms with E-state index in [1.807, 2.05) is 20.8 Å². The van der Waals surface area contributed by atoms with E-state index in [0.29, 0.717) is 6.42 Å². The molecule has 1 aromatic rings. The molecular weight excluding hydrogens is 356 g/mol. The van der Waals surface area contributed by atoms with Crippen LogP contribution in [0.1, 0.15) is 44.0 Å². The molecule has 26 heavy (non-hydrogen) atoms. The van der Waals surface area contributed by atoms with E-state index in [4.69, 9.17) is 0 Å². The number of sulfonamides is 1. The molecule has 1 rings (SSSR count). The molecule has 0 fully saturated rings. The molecular formula is C18H26N2O5S. The molecule has 1 atom stereocenters. The molecule has 1 unspecified atom stereocenters. The fraction of sp³-hybridized carbons (Fsp3) is 0.444. The zero-order valence-electron chi connectivity index (χ0n) is 15.3. The van der Waals surface area contributed by atoms with Gasteiger partial charge in [-0.05, 0) is 36.5 Å². The summed E-state index contributed by atoms with van der Waals surface area (Å²) in [6, 6.07) is 4.40. The summed E-state index contributed by atoms with van der Waals surface area (Å²) in [5.74, 6) is -1.76. The van der Waals surface area contributed by atoms with Gasteiger partial charge in [-0.25, -0.2) is 17.9 Å². The van der Waals surface area contributed by atoms with Crippen molar-refractivity contribution in [2.75, 3.05) is 6.54 Å². The van der Waals surface area contributed by atoms with Crippen molar-refractivity contribution in [3.8, 4) is 0 Å². The van der Waals surface area contributed by atoms with Crippen LogP contribution in [0.4, 0.5) is 0 Å². The summed E-state index contributed by atoms with van der Waals surface area (Å²) in [5, 5.41) is 11.8. The van der Waals surface area contributed by atoms with E-state index in [-0.39, 0.29) is 28.8 Å². The molecule has 7 nitrogen and oxygen atoms in total. The average Bonchev–Trinajstić information content (AvgIpc) is 2.55. The Morgan fingerprint density at radius 3 is 2.50 bits per heavy atom. The predicted molar refractivity (Wildman–Crippen MR) is 99.4 cm³/mol. The molecule has 0 saturated carbocycles. The number of carbonyl (C=O) groups excluding carboxylic acids is 1. The van der Waals surface area contributed by atoms with Crippen LogP contribution in [0, 0.1) is 5.41 Å². The van der Waals surface area contributed by atoms with Crippen LogP contribution in [0.25, 0.3) is 0 Å². The Morgan fingerprint density at radius 1 is 1.31 bits per heavy atom. The first-order valence-electron chi connectivity index (χ1n) is 8.20. The van der Waals surface area contributed by atoms with E-state index in [2.05, 4.69) is 16.6 Å². The second-order valence-electron chi connectivity index (χ2n) is 7.13. The van der Waals surface area contributed by atoms with Crippen LogP contribution in [-0.4, -0.2) is 38.0 Å². The van der Waals surface area contributed by atoms with Gasteiger partial charge in [-0.2, -0.15) is 0 Å². The monoisotopic (exact) mass is 382 g/mol. The lowest BCUT2D eigenvalue weighted by atomic mass is 9.88. The molecule has 144 valence electrons. The van der Waals surface area contributed by atoms with Gasteiger partial charge in [0, 0.05) is 12.1 Å². The highest BCUT2D eigenvalue weighted by atomic mass is 32.2. The van der Waals surface area contributed by atoms with Gasteiger partial charge in [0.05, 0.1) is 4.90 Å². The molecule has 0 radical (unpaired) electrons. The smallest absolute Gasteiger partial charge is 0.326 e. The first-order valence-corrected chi connectivity index (χ1v) is 9.69. The van der Waals surface area contributed by atoms with Gasteiger partial charge in [-0.1, -0.05) is 32.9 Å². The lowest BCUT2D eigenvalue weighted by Crippen LogP contribution is -2.41. The normalized spacial score (nSPS) is 13.0. The Morgan fingerprint density at radius 2 is 1.96 bits per heavy atom. The van der Waals surface area contributed by atoms with E-state index < -0.39 is 27.9 Å². The fourth-order valence-corrected chi connectivity index (χ4v) is 3.18. The molecule has 0 aliphatic rings. The third-order valence-electron chi connectivity index (χ3n) is 3.61. The molecule has 0 saturated heterocycles. The summed E-state index contributed by atoms with van der Waals surface area (Å²) in [6.45, 7) is 9.46. The number of carboxylic acid groups (broad SMARTS) is 1. The molecule has 0 spiro atoms. The van der Waals surface area contributed by atoms with E-state index >= 15 is 0 Å². The summed E-state index contributed by atoms with van der Waals surface area (Å²) in [4.78, 5) is 23.7. The van der Waals surface area contributed by atoms with Crippen molar-refractivity contribution in [3.05, 3.63) is 42.5 Å². The fourth-order valence-electron chi connectivity index (χ4n) is 2.13. The van der Waals surface area contributed by atoms with Gasteiger partial charge in [0.25, 0.3) is 5.91 Å². The Hall–Kier alpha value is -2.19. The molecule has 1 amide bonds. The van der Waals surface area contributed by atoms with Crippen molar-refractivity contribution in [3.63, 3.8) is 0 Å². The number of rotatable bonds is 9. The van der Waals surface area contributed by atoms with Crippen molar-refractivity contribution < 1.29 is 23.1 Å². The van der Waals surface area contributed by atoms with Gasteiger partial charge in [0.1, 0.15) is 6.04 Å². The Kier molecular flexibility index (Phi) is 7.53. The highest BCUT2D eigenvalue weighted by molar-refractivity contribution is 7.89. The number of nitrogens with one attached hydrogen (secondary N) is 2. The Balaban J connectivity index is 2.94. The maximum Gasteiger partial charge on any atom is 0.326 e. The number of hydrogen-bond acceptors (Lipinski definition) is 4. The van der Waals surface area contributed by atoms with Crippen LogP contribution in [0.2, 0.25) is 0 Å². The van der Waals surface area contributed by atoms with Crippen molar-refractivity contribution in [1.82, 2.24) is 10.0 Å². The van der Waals surface area contributed by atoms with Gasteiger partial charge < -0.3 is 10.4 Å². The van der Waals surface area contributed by atoms with Crippen LogP contribution >= 0.6 is 0 Å². The summed E-state index contributed by atoms with van der Waals surface area (Å²) in [6.07, 6.45) is 2.30. The van der Waals surface area contributed by atoms with Crippen LogP contribution in [-0.2, 0) is 14.8 Å². The number of carbonyl (C=O) groups is 2. The first-order chi connectivity index (χ1) is 12.0. The largest absolute Gasteiger partial charge is 0.480 e. The second-order valence-corrected chi connectivity index (χ2v) is 8.90. The highest BCUT2D eigenvalue weighted by Crippen LogP contribution is 2.22. The molecule has 0 aliphatic heterocycles. The molecule has 3 N–H and O–H groups in total. The van der Waals surface area contributed by atoms with E-state index in [1.165, 1.54) is 30.3 Å². The minimum absolute atomic E-state index is 0.0622. The number of aliphatic carboxylic acids is 1. The topological polar surface area (TPSA) is 113 Å². The quantitative estimate of drug-likeness (QED) is 0.567. The van der Waals surface area contributed by atoms with Crippen LogP contribution in [0.5, 0.6) is 0 Å². The highest BCUT2D eigenvalue weighted by Gasteiger charge is 2.24. The molecule has 1 aromatic carbocycles. The first kappa shape index (κ1) is 21.9. The van der Waals surface area contributed by atoms with Crippen molar-refractivity contribution in [2.24, 2.45) is 5.41 Å². The number of benzene rings is 1. The SMILES string of the molecule is C=CCNS(=O)(=O)c1cccc(C(=O)NC(CCC(C)(C)C)C(=O)O)c1.